The van der Waals surface area contributed by atoms with Crippen molar-refractivity contribution >= 4 is 0 Å². The molecule has 0 saturated heterocycles. The van der Waals surface area contributed by atoms with Crippen LogP contribution in [0.3, 0.4) is 0 Å². The average Bonchev–Trinajstić information content (AvgIpc) is 2.34. The second-order valence-corrected chi connectivity index (χ2v) is 4.64. The van der Waals surface area contributed by atoms with Crippen LogP contribution >= 0.6 is 0 Å². The molecule has 1 aromatic heterocycles. The Bertz CT molecular complexity index is 368. The number of ether oxygens (including phenoxy) is 1. The number of nitrogens with one attached hydrogen (secondary N) is 1. The zero-order valence-electron chi connectivity index (χ0n) is 12.2. The van der Waals surface area contributed by atoms with Crippen LogP contribution in [0.4, 0.5) is 0 Å². The third-order valence-corrected chi connectivity index (χ3v) is 3.06. The summed E-state index contributed by atoms with van der Waals surface area (Å²) in [6, 6.07) is 2.35. The normalized spacial score (nSPS) is 14.3. The van der Waals surface area contributed by atoms with Gasteiger partial charge in [0.1, 0.15) is 5.82 Å². The third kappa shape index (κ3) is 4.26. The molecule has 0 fully saturated rings. The lowest BCUT2D eigenvalue weighted by atomic mass is 9.99. The van der Waals surface area contributed by atoms with Crippen molar-refractivity contribution in [2.75, 3.05) is 13.2 Å². The molecule has 2 unspecified atom stereocenters. The summed E-state index contributed by atoms with van der Waals surface area (Å²) in [6.07, 6.45) is 1.14. The van der Waals surface area contributed by atoms with Gasteiger partial charge in [-0.1, -0.05) is 13.8 Å². The quantitative estimate of drug-likeness (QED) is 0.809. The van der Waals surface area contributed by atoms with E-state index in [0.717, 1.165) is 24.5 Å². The molecule has 0 saturated carbocycles. The maximum Gasteiger partial charge on any atom is 0.216 e. The first-order chi connectivity index (χ1) is 8.58. The fourth-order valence-corrected chi connectivity index (χ4v) is 1.82. The van der Waals surface area contributed by atoms with Gasteiger partial charge in [-0.25, -0.2) is 4.98 Å². The molecule has 0 aliphatic carbocycles. The van der Waals surface area contributed by atoms with Gasteiger partial charge in [0.2, 0.25) is 5.88 Å². The Hall–Kier alpha value is -1.16. The standard InChI is InChI=1S/C14H25N3O/c1-6-8-15-11(4)10(3)13-9-14(18-7-2)17-12(5)16-13/h9-11,15H,6-8H2,1-5H3. The van der Waals surface area contributed by atoms with Crippen molar-refractivity contribution in [3.05, 3.63) is 17.6 Å². The molecular formula is C14H25N3O. The zero-order chi connectivity index (χ0) is 13.5. The van der Waals surface area contributed by atoms with Crippen molar-refractivity contribution in [3.8, 4) is 5.88 Å². The van der Waals surface area contributed by atoms with Crippen molar-refractivity contribution in [2.24, 2.45) is 0 Å². The van der Waals surface area contributed by atoms with Crippen molar-refractivity contribution in [1.29, 1.82) is 0 Å². The lowest BCUT2D eigenvalue weighted by Crippen LogP contribution is -2.32. The minimum atomic E-state index is 0.345. The van der Waals surface area contributed by atoms with Crippen LogP contribution in [0.2, 0.25) is 0 Å². The highest BCUT2D eigenvalue weighted by atomic mass is 16.5. The highest BCUT2D eigenvalue weighted by molar-refractivity contribution is 5.20. The van der Waals surface area contributed by atoms with Crippen molar-refractivity contribution in [1.82, 2.24) is 15.3 Å². The van der Waals surface area contributed by atoms with Crippen LogP contribution in [-0.4, -0.2) is 29.2 Å². The topological polar surface area (TPSA) is 47.0 Å². The summed E-state index contributed by atoms with van der Waals surface area (Å²) < 4.78 is 5.47. The molecule has 4 heteroatoms. The Kier molecular flexibility index (Phi) is 6.05. The van der Waals surface area contributed by atoms with Crippen molar-refractivity contribution < 1.29 is 4.74 Å². The van der Waals surface area contributed by atoms with E-state index >= 15 is 0 Å². The van der Waals surface area contributed by atoms with E-state index in [1.807, 2.05) is 19.9 Å². The Labute approximate surface area is 110 Å². The van der Waals surface area contributed by atoms with Crippen LogP contribution in [-0.2, 0) is 0 Å². The first-order valence-corrected chi connectivity index (χ1v) is 6.80. The van der Waals surface area contributed by atoms with Gasteiger partial charge in [0.15, 0.2) is 0 Å². The molecule has 0 bridgehead atoms. The molecule has 0 aliphatic rings. The van der Waals surface area contributed by atoms with E-state index in [1.165, 1.54) is 0 Å². The molecule has 0 aliphatic heterocycles. The molecule has 0 spiro atoms. The Morgan fingerprint density at radius 1 is 1.28 bits per heavy atom. The Morgan fingerprint density at radius 3 is 2.61 bits per heavy atom. The highest BCUT2D eigenvalue weighted by Gasteiger charge is 2.16. The van der Waals surface area contributed by atoms with E-state index in [9.17, 15) is 0 Å². The van der Waals surface area contributed by atoms with Gasteiger partial charge >= 0.3 is 0 Å². The lowest BCUT2D eigenvalue weighted by Gasteiger charge is -2.21. The number of aromatic nitrogens is 2. The number of hydrogen-bond donors (Lipinski definition) is 1. The summed E-state index contributed by atoms with van der Waals surface area (Å²) in [7, 11) is 0. The summed E-state index contributed by atoms with van der Waals surface area (Å²) >= 11 is 0. The van der Waals surface area contributed by atoms with E-state index < -0.39 is 0 Å². The van der Waals surface area contributed by atoms with Crippen molar-refractivity contribution in [3.63, 3.8) is 0 Å². The van der Waals surface area contributed by atoms with Gasteiger partial charge < -0.3 is 10.1 Å². The summed E-state index contributed by atoms with van der Waals surface area (Å²) in [5.41, 5.74) is 1.04. The summed E-state index contributed by atoms with van der Waals surface area (Å²) in [4.78, 5) is 8.79. The van der Waals surface area contributed by atoms with Gasteiger partial charge in [-0.2, -0.15) is 4.98 Å². The predicted octanol–water partition coefficient (Wildman–Crippen LogP) is 2.68. The lowest BCUT2D eigenvalue weighted by molar-refractivity contribution is 0.323. The molecule has 0 aromatic carbocycles. The molecule has 1 heterocycles. The monoisotopic (exact) mass is 251 g/mol. The molecule has 1 aromatic rings. The van der Waals surface area contributed by atoms with E-state index in [4.69, 9.17) is 4.74 Å². The van der Waals surface area contributed by atoms with Gasteiger partial charge in [-0.3, -0.25) is 0 Å². The first-order valence-electron chi connectivity index (χ1n) is 6.80. The molecule has 0 amide bonds. The van der Waals surface area contributed by atoms with Crippen LogP contribution in [0.15, 0.2) is 6.07 Å². The molecule has 102 valence electrons. The second-order valence-electron chi connectivity index (χ2n) is 4.64. The third-order valence-electron chi connectivity index (χ3n) is 3.06. The molecular weight excluding hydrogens is 226 g/mol. The number of hydrogen-bond acceptors (Lipinski definition) is 4. The van der Waals surface area contributed by atoms with Crippen LogP contribution in [0.25, 0.3) is 0 Å². The minimum Gasteiger partial charge on any atom is -0.478 e. The fourth-order valence-electron chi connectivity index (χ4n) is 1.82. The van der Waals surface area contributed by atoms with Crippen LogP contribution in [0.1, 0.15) is 51.6 Å². The molecule has 0 radical (unpaired) electrons. The van der Waals surface area contributed by atoms with Gasteiger partial charge in [-0.15, -0.1) is 0 Å². The second kappa shape index (κ2) is 7.31. The molecule has 18 heavy (non-hydrogen) atoms. The summed E-state index contributed by atoms with van der Waals surface area (Å²) in [5.74, 6) is 1.79. The zero-order valence-corrected chi connectivity index (χ0v) is 12.2. The fraction of sp³-hybridized carbons (Fsp3) is 0.714. The number of nitrogens with zero attached hydrogens (tertiary/aromatic N) is 2. The maximum absolute atomic E-state index is 5.47. The van der Waals surface area contributed by atoms with Crippen molar-refractivity contribution in [2.45, 2.75) is 53.0 Å². The number of rotatable bonds is 7. The van der Waals surface area contributed by atoms with Crippen LogP contribution in [0.5, 0.6) is 5.88 Å². The van der Waals surface area contributed by atoms with E-state index in [-0.39, 0.29) is 0 Å². The minimum absolute atomic E-state index is 0.345. The molecule has 2 atom stereocenters. The number of aryl methyl sites for hydroxylation is 1. The van der Waals surface area contributed by atoms with Gasteiger partial charge in [-0.05, 0) is 33.7 Å². The molecule has 1 rings (SSSR count). The van der Waals surface area contributed by atoms with Gasteiger partial charge in [0.25, 0.3) is 0 Å². The molecule has 4 nitrogen and oxygen atoms in total. The smallest absolute Gasteiger partial charge is 0.216 e. The summed E-state index contributed by atoms with van der Waals surface area (Å²) in [5, 5.41) is 3.50. The summed E-state index contributed by atoms with van der Waals surface area (Å²) in [6.45, 7) is 12.1. The van der Waals surface area contributed by atoms with E-state index in [0.29, 0.717) is 24.4 Å². The Morgan fingerprint density at radius 2 is 2.00 bits per heavy atom. The van der Waals surface area contributed by atoms with Crippen LogP contribution < -0.4 is 10.1 Å². The Balaban J connectivity index is 2.80. The largest absolute Gasteiger partial charge is 0.478 e. The highest BCUT2D eigenvalue weighted by Crippen LogP contribution is 2.20. The SMILES string of the molecule is CCCNC(C)C(C)c1cc(OCC)nc(C)n1. The van der Waals surface area contributed by atoms with E-state index in [1.54, 1.807) is 0 Å². The predicted molar refractivity (Wildman–Crippen MR) is 74.1 cm³/mol. The molecule has 1 N–H and O–H groups in total. The maximum atomic E-state index is 5.47. The average molecular weight is 251 g/mol. The van der Waals surface area contributed by atoms with Gasteiger partial charge in [0.05, 0.1) is 12.3 Å². The van der Waals surface area contributed by atoms with Crippen LogP contribution in [0, 0.1) is 6.92 Å². The van der Waals surface area contributed by atoms with Gasteiger partial charge in [0, 0.05) is 18.0 Å². The first kappa shape index (κ1) is 14.9. The van der Waals surface area contributed by atoms with E-state index in [2.05, 4.69) is 36.1 Å².